The van der Waals surface area contributed by atoms with Gasteiger partial charge in [-0.15, -0.1) is 0 Å². The van der Waals surface area contributed by atoms with Gasteiger partial charge in [-0.2, -0.15) is 0 Å². The van der Waals surface area contributed by atoms with Crippen molar-refractivity contribution in [1.82, 2.24) is 4.90 Å². The van der Waals surface area contributed by atoms with E-state index in [1.165, 1.54) is 17.0 Å². The molecule has 0 atom stereocenters. The molecule has 1 aromatic rings. The highest BCUT2D eigenvalue weighted by atomic mass is 19.2. The van der Waals surface area contributed by atoms with Crippen LogP contribution >= 0.6 is 0 Å². The summed E-state index contributed by atoms with van der Waals surface area (Å²) in [5, 5.41) is 11.2. The first-order valence-electron chi connectivity index (χ1n) is 5.66. The van der Waals surface area contributed by atoms with Gasteiger partial charge in [-0.3, -0.25) is 4.79 Å². The quantitative estimate of drug-likeness (QED) is 0.364. The number of carbonyl (C=O) groups is 1. The van der Waals surface area contributed by atoms with Crippen LogP contribution in [0.1, 0.15) is 12.5 Å². The van der Waals surface area contributed by atoms with Crippen LogP contribution in [0.2, 0.25) is 0 Å². The summed E-state index contributed by atoms with van der Waals surface area (Å²) in [5.74, 6) is -2.59. The molecule has 0 saturated heterocycles. The Bertz CT molecular complexity index is 492. The van der Waals surface area contributed by atoms with E-state index < -0.39 is 17.5 Å². The van der Waals surface area contributed by atoms with Gasteiger partial charge in [0.1, 0.15) is 0 Å². The van der Waals surface area contributed by atoms with Crippen molar-refractivity contribution in [3.05, 3.63) is 35.4 Å². The fourth-order valence-electron chi connectivity index (χ4n) is 1.56. The molecule has 1 rings (SSSR count). The standard InChI is InChI=1S/C12H15F2N3O2/c1-2-17(7-10(15)16-19)11(18)6-8-4-3-5-9(13)12(8)14/h3-5,19H,2,6-7H2,1H3,(H2,15,16). The van der Waals surface area contributed by atoms with Crippen LogP contribution in [0.15, 0.2) is 23.4 Å². The molecule has 0 bridgehead atoms. The summed E-state index contributed by atoms with van der Waals surface area (Å²) in [6.45, 7) is 1.94. The molecule has 3 N–H and O–H groups in total. The molecule has 0 aromatic heterocycles. The second-order valence-electron chi connectivity index (χ2n) is 3.89. The normalized spacial score (nSPS) is 11.4. The number of nitrogens with zero attached hydrogens (tertiary/aromatic N) is 2. The highest BCUT2D eigenvalue weighted by Gasteiger charge is 2.17. The summed E-state index contributed by atoms with van der Waals surface area (Å²) in [7, 11) is 0. The van der Waals surface area contributed by atoms with Crippen LogP contribution < -0.4 is 5.73 Å². The molecule has 0 spiro atoms. The van der Waals surface area contributed by atoms with E-state index in [1.54, 1.807) is 6.92 Å². The molecular formula is C12H15F2N3O2. The third-order valence-electron chi connectivity index (χ3n) is 2.59. The molecule has 0 aliphatic heterocycles. The summed E-state index contributed by atoms with van der Waals surface area (Å²) in [6.07, 6.45) is -0.282. The number of halogens is 2. The zero-order valence-electron chi connectivity index (χ0n) is 10.4. The van der Waals surface area contributed by atoms with Gasteiger partial charge in [0.05, 0.1) is 13.0 Å². The van der Waals surface area contributed by atoms with Crippen LogP contribution in [0.4, 0.5) is 8.78 Å². The summed E-state index contributed by atoms with van der Waals surface area (Å²) in [4.78, 5) is 13.2. The topological polar surface area (TPSA) is 78.9 Å². The second-order valence-corrected chi connectivity index (χ2v) is 3.89. The van der Waals surface area contributed by atoms with E-state index in [1.807, 2.05) is 0 Å². The van der Waals surface area contributed by atoms with Gasteiger partial charge in [0.2, 0.25) is 5.91 Å². The smallest absolute Gasteiger partial charge is 0.227 e. The Balaban J connectivity index is 2.80. The molecule has 0 radical (unpaired) electrons. The lowest BCUT2D eigenvalue weighted by molar-refractivity contribution is -0.129. The van der Waals surface area contributed by atoms with Crippen LogP contribution in [0, 0.1) is 11.6 Å². The average molecular weight is 271 g/mol. The third-order valence-corrected chi connectivity index (χ3v) is 2.59. The molecule has 0 aliphatic carbocycles. The average Bonchev–Trinajstić information content (AvgIpc) is 2.40. The minimum atomic E-state index is -1.03. The SMILES string of the molecule is CCN(CC(N)=NO)C(=O)Cc1cccc(F)c1F. The minimum Gasteiger partial charge on any atom is -0.409 e. The van der Waals surface area contributed by atoms with Crippen molar-refractivity contribution in [3.8, 4) is 0 Å². The number of oxime groups is 1. The second kappa shape index (κ2) is 6.67. The van der Waals surface area contributed by atoms with E-state index in [2.05, 4.69) is 5.16 Å². The van der Waals surface area contributed by atoms with Crippen molar-refractivity contribution in [2.75, 3.05) is 13.1 Å². The monoisotopic (exact) mass is 271 g/mol. The summed E-state index contributed by atoms with van der Waals surface area (Å²) in [6, 6.07) is 3.66. The number of carbonyl (C=O) groups excluding carboxylic acids is 1. The van der Waals surface area contributed by atoms with Crippen LogP contribution in [0.3, 0.4) is 0 Å². The van der Waals surface area contributed by atoms with Crippen LogP contribution in [0.5, 0.6) is 0 Å². The number of benzene rings is 1. The number of amidine groups is 1. The predicted octanol–water partition coefficient (Wildman–Crippen LogP) is 1.10. The van der Waals surface area contributed by atoms with Crippen molar-refractivity contribution in [2.24, 2.45) is 10.9 Å². The molecule has 1 aromatic carbocycles. The van der Waals surface area contributed by atoms with E-state index >= 15 is 0 Å². The maximum atomic E-state index is 13.4. The molecule has 0 saturated carbocycles. The van der Waals surface area contributed by atoms with Crippen LogP contribution in [0.25, 0.3) is 0 Å². The van der Waals surface area contributed by atoms with Crippen LogP contribution in [-0.4, -0.2) is 34.9 Å². The van der Waals surface area contributed by atoms with Gasteiger partial charge in [0.25, 0.3) is 0 Å². The highest BCUT2D eigenvalue weighted by Crippen LogP contribution is 2.12. The summed E-state index contributed by atoms with van der Waals surface area (Å²) >= 11 is 0. The van der Waals surface area contributed by atoms with E-state index in [9.17, 15) is 13.6 Å². The van der Waals surface area contributed by atoms with E-state index in [4.69, 9.17) is 10.9 Å². The Morgan fingerprint density at radius 3 is 2.74 bits per heavy atom. The molecule has 5 nitrogen and oxygen atoms in total. The van der Waals surface area contributed by atoms with E-state index in [0.717, 1.165) is 6.07 Å². The Morgan fingerprint density at radius 1 is 1.47 bits per heavy atom. The molecule has 104 valence electrons. The minimum absolute atomic E-state index is 0.0250. The fraction of sp³-hybridized carbons (Fsp3) is 0.333. The number of nitrogens with two attached hydrogens (primary N) is 1. The van der Waals surface area contributed by atoms with Gasteiger partial charge >= 0.3 is 0 Å². The highest BCUT2D eigenvalue weighted by molar-refractivity contribution is 5.87. The lowest BCUT2D eigenvalue weighted by Crippen LogP contribution is -2.39. The summed E-state index contributed by atoms with van der Waals surface area (Å²) in [5.41, 5.74) is 5.28. The van der Waals surface area contributed by atoms with Gasteiger partial charge < -0.3 is 15.8 Å². The van der Waals surface area contributed by atoms with Crippen LogP contribution in [-0.2, 0) is 11.2 Å². The van der Waals surface area contributed by atoms with Crippen molar-refractivity contribution in [3.63, 3.8) is 0 Å². The molecule has 0 aliphatic rings. The van der Waals surface area contributed by atoms with Gasteiger partial charge in [-0.25, -0.2) is 8.78 Å². The molecule has 7 heteroatoms. The van der Waals surface area contributed by atoms with E-state index in [-0.39, 0.29) is 24.4 Å². The number of amides is 1. The van der Waals surface area contributed by atoms with Gasteiger partial charge in [0.15, 0.2) is 17.5 Å². The largest absolute Gasteiger partial charge is 0.409 e. The number of hydrogen-bond acceptors (Lipinski definition) is 3. The molecular weight excluding hydrogens is 256 g/mol. The maximum absolute atomic E-state index is 13.4. The zero-order chi connectivity index (χ0) is 14.4. The number of rotatable bonds is 5. The zero-order valence-corrected chi connectivity index (χ0v) is 10.4. The predicted molar refractivity (Wildman–Crippen MR) is 65.7 cm³/mol. The van der Waals surface area contributed by atoms with Crippen molar-refractivity contribution < 1.29 is 18.8 Å². The molecule has 1 amide bonds. The Hall–Kier alpha value is -2.18. The van der Waals surface area contributed by atoms with Gasteiger partial charge in [-0.05, 0) is 13.0 Å². The number of likely N-dealkylation sites (N-methyl/N-ethyl adjacent to an activating group) is 1. The molecule has 0 unspecified atom stereocenters. The van der Waals surface area contributed by atoms with Crippen molar-refractivity contribution in [1.29, 1.82) is 0 Å². The first-order chi connectivity index (χ1) is 8.99. The maximum Gasteiger partial charge on any atom is 0.227 e. The summed E-state index contributed by atoms with van der Waals surface area (Å²) < 4.78 is 26.4. The third kappa shape index (κ3) is 3.90. The van der Waals surface area contributed by atoms with Crippen molar-refractivity contribution in [2.45, 2.75) is 13.3 Å². The Labute approximate surface area is 109 Å². The van der Waals surface area contributed by atoms with Gasteiger partial charge in [0, 0.05) is 12.1 Å². The van der Waals surface area contributed by atoms with E-state index in [0.29, 0.717) is 6.54 Å². The Morgan fingerprint density at radius 2 is 2.16 bits per heavy atom. The Kier molecular flexibility index (Phi) is 5.23. The lowest BCUT2D eigenvalue weighted by Gasteiger charge is -2.20. The molecule has 0 fully saturated rings. The first kappa shape index (κ1) is 14.9. The lowest BCUT2D eigenvalue weighted by atomic mass is 10.1. The molecule has 0 heterocycles. The van der Waals surface area contributed by atoms with Gasteiger partial charge in [-0.1, -0.05) is 17.3 Å². The first-order valence-corrected chi connectivity index (χ1v) is 5.66. The fourth-order valence-corrected chi connectivity index (χ4v) is 1.56. The number of hydrogen-bond donors (Lipinski definition) is 2. The molecule has 19 heavy (non-hydrogen) atoms. The van der Waals surface area contributed by atoms with Crippen molar-refractivity contribution >= 4 is 11.7 Å².